The third-order valence-corrected chi connectivity index (χ3v) is 3.77. The van der Waals surface area contributed by atoms with Gasteiger partial charge in [-0.2, -0.15) is 5.10 Å². The molecule has 1 N–H and O–H groups in total. The number of aryl methyl sites for hydroxylation is 1. The van der Waals surface area contributed by atoms with E-state index in [0.29, 0.717) is 5.92 Å². The quantitative estimate of drug-likeness (QED) is 0.918. The van der Waals surface area contributed by atoms with Gasteiger partial charge in [0, 0.05) is 18.0 Å². The molecule has 4 heteroatoms. The number of nitrogens with one attached hydrogen (secondary N) is 1. The van der Waals surface area contributed by atoms with Gasteiger partial charge in [-0.05, 0) is 24.1 Å². The van der Waals surface area contributed by atoms with Crippen LogP contribution in [0, 0.1) is 0 Å². The van der Waals surface area contributed by atoms with Crippen LogP contribution in [0.15, 0.2) is 30.5 Å². The summed E-state index contributed by atoms with van der Waals surface area (Å²) in [6.45, 7) is 4.04. The molecule has 0 amide bonds. The van der Waals surface area contributed by atoms with Crippen LogP contribution in [0.4, 0.5) is 5.82 Å². The van der Waals surface area contributed by atoms with Gasteiger partial charge in [0.15, 0.2) is 0 Å². The van der Waals surface area contributed by atoms with Crippen LogP contribution in [0.25, 0.3) is 0 Å². The van der Waals surface area contributed by atoms with E-state index in [2.05, 4.69) is 34.2 Å². The Hall–Kier alpha value is -1.97. The van der Waals surface area contributed by atoms with Gasteiger partial charge >= 0.3 is 0 Å². The van der Waals surface area contributed by atoms with Gasteiger partial charge in [-0.25, -0.2) is 4.68 Å². The first-order valence-electron chi connectivity index (χ1n) is 6.74. The molecular weight excluding hydrogens is 238 g/mol. The summed E-state index contributed by atoms with van der Waals surface area (Å²) < 4.78 is 7.37. The maximum absolute atomic E-state index is 5.29. The Bertz CT molecular complexity index is 577. The second-order valence-electron chi connectivity index (χ2n) is 4.91. The summed E-state index contributed by atoms with van der Waals surface area (Å²) in [7, 11) is 1.71. The lowest BCUT2D eigenvalue weighted by atomic mass is 9.97. The molecule has 19 heavy (non-hydrogen) atoms. The molecular formula is C15H19N3O. The van der Waals surface area contributed by atoms with Gasteiger partial charge in [0.1, 0.15) is 11.6 Å². The fourth-order valence-electron chi connectivity index (χ4n) is 2.64. The largest absolute Gasteiger partial charge is 0.497 e. The van der Waals surface area contributed by atoms with Crippen molar-refractivity contribution < 1.29 is 4.74 Å². The van der Waals surface area contributed by atoms with Gasteiger partial charge in [0.2, 0.25) is 0 Å². The molecule has 3 rings (SSSR count). The van der Waals surface area contributed by atoms with Crippen LogP contribution in [0.1, 0.15) is 24.0 Å². The number of rotatable bonds is 3. The van der Waals surface area contributed by atoms with Gasteiger partial charge in [-0.15, -0.1) is 0 Å². The van der Waals surface area contributed by atoms with Crippen LogP contribution in [-0.2, 0) is 13.0 Å². The lowest BCUT2D eigenvalue weighted by Crippen LogP contribution is -2.26. The van der Waals surface area contributed by atoms with E-state index in [1.54, 1.807) is 7.11 Å². The number of anilines is 1. The normalized spacial score (nSPS) is 17.7. The molecule has 1 aromatic carbocycles. The van der Waals surface area contributed by atoms with Crippen molar-refractivity contribution in [3.63, 3.8) is 0 Å². The van der Waals surface area contributed by atoms with E-state index >= 15 is 0 Å². The Labute approximate surface area is 113 Å². The third-order valence-electron chi connectivity index (χ3n) is 3.77. The Kier molecular flexibility index (Phi) is 3.15. The van der Waals surface area contributed by atoms with Crippen LogP contribution < -0.4 is 10.1 Å². The summed E-state index contributed by atoms with van der Waals surface area (Å²) in [6, 6.07) is 8.30. The second-order valence-corrected chi connectivity index (χ2v) is 4.91. The maximum atomic E-state index is 5.29. The maximum Gasteiger partial charge on any atom is 0.127 e. The highest BCUT2D eigenvalue weighted by Gasteiger charge is 2.22. The van der Waals surface area contributed by atoms with Crippen molar-refractivity contribution in [1.29, 1.82) is 0 Å². The SMILES string of the molecule is CCc1cnn2c1NCC(c1cccc(OC)c1)C2. The molecule has 1 unspecified atom stereocenters. The predicted molar refractivity (Wildman–Crippen MR) is 75.8 cm³/mol. The topological polar surface area (TPSA) is 39.1 Å². The number of aromatic nitrogens is 2. The van der Waals surface area contributed by atoms with Crippen molar-refractivity contribution in [2.24, 2.45) is 0 Å². The zero-order chi connectivity index (χ0) is 13.2. The number of nitrogens with zero attached hydrogens (tertiary/aromatic N) is 2. The summed E-state index contributed by atoms with van der Waals surface area (Å²) >= 11 is 0. The minimum Gasteiger partial charge on any atom is -0.497 e. The number of hydrogen-bond donors (Lipinski definition) is 1. The van der Waals surface area contributed by atoms with E-state index < -0.39 is 0 Å². The Morgan fingerprint density at radius 1 is 1.47 bits per heavy atom. The molecule has 1 atom stereocenters. The first kappa shape index (κ1) is 12.1. The molecule has 0 fully saturated rings. The molecule has 0 saturated heterocycles. The molecule has 0 spiro atoms. The summed E-state index contributed by atoms with van der Waals surface area (Å²) in [6.07, 6.45) is 2.99. The third kappa shape index (κ3) is 2.18. The van der Waals surface area contributed by atoms with Crippen molar-refractivity contribution in [3.8, 4) is 5.75 Å². The number of fused-ring (bicyclic) bond motifs is 1. The Balaban J connectivity index is 1.85. The van der Waals surface area contributed by atoms with Gasteiger partial charge in [-0.3, -0.25) is 0 Å². The van der Waals surface area contributed by atoms with Crippen LogP contribution in [0.5, 0.6) is 5.75 Å². The molecule has 1 aliphatic heterocycles. The van der Waals surface area contributed by atoms with Crippen molar-refractivity contribution >= 4 is 5.82 Å². The fraction of sp³-hybridized carbons (Fsp3) is 0.400. The average molecular weight is 257 g/mol. The average Bonchev–Trinajstić information content (AvgIpc) is 2.89. The van der Waals surface area contributed by atoms with Crippen LogP contribution >= 0.6 is 0 Å². The highest BCUT2D eigenvalue weighted by atomic mass is 16.5. The van der Waals surface area contributed by atoms with Crippen molar-refractivity contribution in [2.45, 2.75) is 25.8 Å². The molecule has 1 aromatic heterocycles. The molecule has 2 heterocycles. The lowest BCUT2D eigenvalue weighted by molar-refractivity contribution is 0.413. The first-order chi connectivity index (χ1) is 9.31. The van der Waals surface area contributed by atoms with Crippen LogP contribution in [0.3, 0.4) is 0 Å². The van der Waals surface area contributed by atoms with Crippen molar-refractivity contribution in [3.05, 3.63) is 41.6 Å². The van der Waals surface area contributed by atoms with Gasteiger partial charge in [-0.1, -0.05) is 19.1 Å². The number of benzene rings is 1. The molecule has 0 aliphatic carbocycles. The molecule has 4 nitrogen and oxygen atoms in total. The zero-order valence-electron chi connectivity index (χ0n) is 11.4. The minimum atomic E-state index is 0.437. The van der Waals surface area contributed by atoms with Gasteiger partial charge in [0.25, 0.3) is 0 Å². The van der Waals surface area contributed by atoms with E-state index in [1.165, 1.54) is 16.9 Å². The van der Waals surface area contributed by atoms with Gasteiger partial charge < -0.3 is 10.1 Å². The summed E-state index contributed by atoms with van der Waals surface area (Å²) in [5.41, 5.74) is 2.59. The second kappa shape index (κ2) is 4.96. The zero-order valence-corrected chi connectivity index (χ0v) is 11.4. The Morgan fingerprint density at radius 2 is 2.37 bits per heavy atom. The molecule has 2 aromatic rings. The smallest absolute Gasteiger partial charge is 0.127 e. The molecule has 0 saturated carbocycles. The number of ether oxygens (including phenoxy) is 1. The molecule has 0 radical (unpaired) electrons. The standard InChI is InChI=1S/C15H19N3O/c1-3-11-9-17-18-10-13(8-16-15(11)18)12-5-4-6-14(7-12)19-2/h4-7,9,13,16H,3,8,10H2,1-2H3. The van der Waals surface area contributed by atoms with Gasteiger partial charge in [0.05, 0.1) is 19.9 Å². The molecule has 100 valence electrons. The summed E-state index contributed by atoms with van der Waals surface area (Å²) in [5.74, 6) is 2.53. The predicted octanol–water partition coefficient (Wildman–Crippen LogP) is 2.66. The summed E-state index contributed by atoms with van der Waals surface area (Å²) in [5, 5.41) is 7.98. The van der Waals surface area contributed by atoms with Crippen molar-refractivity contribution in [1.82, 2.24) is 9.78 Å². The fourth-order valence-corrected chi connectivity index (χ4v) is 2.64. The van der Waals surface area contributed by atoms with Crippen molar-refractivity contribution in [2.75, 3.05) is 19.0 Å². The lowest BCUT2D eigenvalue weighted by Gasteiger charge is -2.26. The van der Waals surface area contributed by atoms with Crippen LogP contribution in [0.2, 0.25) is 0 Å². The van der Waals surface area contributed by atoms with E-state index in [0.717, 1.165) is 25.3 Å². The molecule has 1 aliphatic rings. The number of hydrogen-bond acceptors (Lipinski definition) is 3. The van der Waals surface area contributed by atoms with E-state index in [4.69, 9.17) is 4.74 Å². The monoisotopic (exact) mass is 257 g/mol. The minimum absolute atomic E-state index is 0.437. The van der Waals surface area contributed by atoms with Crippen LogP contribution in [-0.4, -0.2) is 23.4 Å². The Morgan fingerprint density at radius 3 is 3.16 bits per heavy atom. The summed E-state index contributed by atoms with van der Waals surface area (Å²) in [4.78, 5) is 0. The van der Waals surface area contributed by atoms with E-state index in [9.17, 15) is 0 Å². The highest BCUT2D eigenvalue weighted by Crippen LogP contribution is 2.29. The molecule has 0 bridgehead atoms. The highest BCUT2D eigenvalue weighted by molar-refractivity contribution is 5.46. The number of methoxy groups -OCH3 is 1. The van der Waals surface area contributed by atoms with E-state index in [1.807, 2.05) is 18.3 Å². The first-order valence-corrected chi connectivity index (χ1v) is 6.74. The van der Waals surface area contributed by atoms with E-state index in [-0.39, 0.29) is 0 Å².